The van der Waals surface area contributed by atoms with Crippen molar-refractivity contribution in [1.29, 1.82) is 0 Å². The van der Waals surface area contributed by atoms with Gasteiger partial charge in [-0.3, -0.25) is 5.32 Å². The van der Waals surface area contributed by atoms with E-state index < -0.39 is 0 Å². The molecule has 0 aliphatic carbocycles. The first kappa shape index (κ1) is 9.01. The highest BCUT2D eigenvalue weighted by atomic mass is 16.5. The second-order valence-corrected chi connectivity index (χ2v) is 3.78. The van der Waals surface area contributed by atoms with Gasteiger partial charge < -0.3 is 4.74 Å². The molecule has 0 spiro atoms. The highest BCUT2D eigenvalue weighted by Gasteiger charge is 2.26. The van der Waals surface area contributed by atoms with Gasteiger partial charge in [-0.05, 0) is 26.7 Å². The van der Waals surface area contributed by atoms with Crippen LogP contribution in [-0.2, 0) is 4.74 Å². The van der Waals surface area contributed by atoms with Crippen LogP contribution in [0.2, 0.25) is 0 Å². The zero-order chi connectivity index (χ0) is 8.32. The summed E-state index contributed by atoms with van der Waals surface area (Å²) >= 11 is 0. The normalized spacial score (nSPS) is 30.3. The first-order valence-electron chi connectivity index (χ1n) is 4.56. The maximum atomic E-state index is 5.53. The second-order valence-electron chi connectivity index (χ2n) is 3.78. The van der Waals surface area contributed by atoms with Crippen LogP contribution in [0.15, 0.2) is 0 Å². The van der Waals surface area contributed by atoms with Crippen LogP contribution >= 0.6 is 0 Å². The van der Waals surface area contributed by atoms with E-state index >= 15 is 0 Å². The van der Waals surface area contributed by atoms with Gasteiger partial charge in [-0.25, -0.2) is 0 Å². The maximum Gasteiger partial charge on any atom is 0.113 e. The summed E-state index contributed by atoms with van der Waals surface area (Å²) in [5, 5.41) is 3.47. The van der Waals surface area contributed by atoms with E-state index in [2.05, 4.69) is 26.1 Å². The Morgan fingerprint density at radius 2 is 2.27 bits per heavy atom. The van der Waals surface area contributed by atoms with Crippen molar-refractivity contribution < 1.29 is 4.74 Å². The van der Waals surface area contributed by atoms with E-state index in [0.29, 0.717) is 6.04 Å². The lowest BCUT2D eigenvalue weighted by Gasteiger charge is -2.37. The Morgan fingerprint density at radius 3 is 2.82 bits per heavy atom. The minimum Gasteiger partial charge on any atom is -0.361 e. The molecule has 66 valence electrons. The molecule has 1 atom stereocenters. The molecule has 1 rings (SSSR count). The van der Waals surface area contributed by atoms with Crippen LogP contribution in [0.4, 0.5) is 0 Å². The van der Waals surface area contributed by atoms with Crippen molar-refractivity contribution >= 4 is 0 Å². The highest BCUT2D eigenvalue weighted by Crippen LogP contribution is 2.16. The Morgan fingerprint density at radius 1 is 1.55 bits per heavy atom. The Bertz CT molecular complexity index is 121. The molecule has 1 aliphatic heterocycles. The van der Waals surface area contributed by atoms with E-state index in [0.717, 1.165) is 13.0 Å². The number of nitrogens with one attached hydrogen (secondary N) is 1. The molecular formula is C9H19NO. The van der Waals surface area contributed by atoms with E-state index in [-0.39, 0.29) is 5.72 Å². The van der Waals surface area contributed by atoms with Gasteiger partial charge in [-0.15, -0.1) is 0 Å². The molecule has 0 aromatic rings. The Hall–Kier alpha value is -0.0800. The predicted octanol–water partition coefficient (Wildman–Crippen LogP) is 1.90. The highest BCUT2D eigenvalue weighted by molar-refractivity contribution is 4.78. The van der Waals surface area contributed by atoms with Gasteiger partial charge in [0, 0.05) is 6.04 Å². The summed E-state index contributed by atoms with van der Waals surface area (Å²) in [5.41, 5.74) is -0.0991. The third kappa shape index (κ3) is 2.80. The van der Waals surface area contributed by atoms with Crippen molar-refractivity contribution in [3.8, 4) is 0 Å². The summed E-state index contributed by atoms with van der Waals surface area (Å²) < 4.78 is 5.53. The lowest BCUT2D eigenvalue weighted by atomic mass is 10.1. The van der Waals surface area contributed by atoms with Gasteiger partial charge in [0.05, 0.1) is 6.61 Å². The fourth-order valence-corrected chi connectivity index (χ4v) is 1.63. The summed E-state index contributed by atoms with van der Waals surface area (Å²) in [7, 11) is 0. The fraction of sp³-hybridized carbons (Fsp3) is 1.00. The first-order chi connectivity index (χ1) is 5.14. The number of ether oxygens (including phenoxy) is 1. The quantitative estimate of drug-likeness (QED) is 0.661. The van der Waals surface area contributed by atoms with Gasteiger partial charge in [0.1, 0.15) is 5.72 Å². The van der Waals surface area contributed by atoms with E-state index in [1.807, 2.05) is 0 Å². The molecule has 0 amide bonds. The first-order valence-corrected chi connectivity index (χ1v) is 4.56. The molecule has 0 radical (unpaired) electrons. The molecule has 0 aromatic carbocycles. The summed E-state index contributed by atoms with van der Waals surface area (Å²) in [4.78, 5) is 0. The Kier molecular flexibility index (Phi) is 2.90. The maximum absolute atomic E-state index is 5.53. The molecule has 1 saturated heterocycles. The number of hydrogen-bond donors (Lipinski definition) is 1. The average Bonchev–Trinajstić information content (AvgIpc) is 1.85. The third-order valence-electron chi connectivity index (χ3n) is 2.12. The standard InChI is InChI=1S/C9H19NO/c1-4-5-8-6-7-11-9(2,3)10-8/h8,10H,4-7H2,1-3H3. The molecule has 1 unspecified atom stereocenters. The fourth-order valence-electron chi connectivity index (χ4n) is 1.63. The second kappa shape index (κ2) is 3.55. The van der Waals surface area contributed by atoms with Crippen molar-refractivity contribution in [1.82, 2.24) is 5.32 Å². The largest absolute Gasteiger partial charge is 0.361 e. The molecule has 2 nitrogen and oxygen atoms in total. The van der Waals surface area contributed by atoms with Gasteiger partial charge in [0.25, 0.3) is 0 Å². The zero-order valence-corrected chi connectivity index (χ0v) is 7.81. The minimum atomic E-state index is -0.0991. The Labute approximate surface area is 69.3 Å². The lowest BCUT2D eigenvalue weighted by molar-refractivity contribution is -0.0854. The van der Waals surface area contributed by atoms with Crippen molar-refractivity contribution in [2.24, 2.45) is 0 Å². The van der Waals surface area contributed by atoms with E-state index in [1.165, 1.54) is 12.8 Å². The molecule has 2 heteroatoms. The Balaban J connectivity index is 2.34. The predicted molar refractivity (Wildman–Crippen MR) is 46.5 cm³/mol. The third-order valence-corrected chi connectivity index (χ3v) is 2.12. The summed E-state index contributed by atoms with van der Waals surface area (Å²) in [6.07, 6.45) is 3.69. The van der Waals surface area contributed by atoms with Crippen LogP contribution in [0.3, 0.4) is 0 Å². The molecule has 1 heterocycles. The van der Waals surface area contributed by atoms with Gasteiger partial charge in [-0.2, -0.15) is 0 Å². The van der Waals surface area contributed by atoms with Crippen LogP contribution in [0.25, 0.3) is 0 Å². The van der Waals surface area contributed by atoms with Crippen molar-refractivity contribution in [2.45, 2.75) is 51.8 Å². The van der Waals surface area contributed by atoms with Crippen LogP contribution in [0.1, 0.15) is 40.0 Å². The topological polar surface area (TPSA) is 21.3 Å². The summed E-state index contributed by atoms with van der Waals surface area (Å²) in [5.74, 6) is 0. The SMILES string of the molecule is CCCC1CCOC(C)(C)N1. The minimum absolute atomic E-state index is 0.0991. The molecule has 1 fully saturated rings. The molecule has 11 heavy (non-hydrogen) atoms. The van der Waals surface area contributed by atoms with Crippen molar-refractivity contribution in [3.05, 3.63) is 0 Å². The van der Waals surface area contributed by atoms with Crippen molar-refractivity contribution in [2.75, 3.05) is 6.61 Å². The summed E-state index contributed by atoms with van der Waals surface area (Å²) in [6, 6.07) is 0.670. The van der Waals surface area contributed by atoms with E-state index in [4.69, 9.17) is 4.74 Å². The smallest absolute Gasteiger partial charge is 0.113 e. The number of hydrogen-bond acceptors (Lipinski definition) is 2. The average molecular weight is 157 g/mol. The molecule has 0 bridgehead atoms. The van der Waals surface area contributed by atoms with Gasteiger partial charge in [0.15, 0.2) is 0 Å². The summed E-state index contributed by atoms with van der Waals surface area (Å²) in [6.45, 7) is 7.32. The van der Waals surface area contributed by atoms with Crippen LogP contribution < -0.4 is 5.32 Å². The van der Waals surface area contributed by atoms with Crippen LogP contribution in [0, 0.1) is 0 Å². The molecular weight excluding hydrogens is 138 g/mol. The van der Waals surface area contributed by atoms with Crippen LogP contribution in [0.5, 0.6) is 0 Å². The monoisotopic (exact) mass is 157 g/mol. The number of rotatable bonds is 2. The zero-order valence-electron chi connectivity index (χ0n) is 7.81. The molecule has 1 aliphatic rings. The van der Waals surface area contributed by atoms with Crippen molar-refractivity contribution in [3.63, 3.8) is 0 Å². The van der Waals surface area contributed by atoms with Gasteiger partial charge in [0.2, 0.25) is 0 Å². The molecule has 0 saturated carbocycles. The van der Waals surface area contributed by atoms with E-state index in [9.17, 15) is 0 Å². The molecule has 1 N–H and O–H groups in total. The van der Waals surface area contributed by atoms with Gasteiger partial charge in [-0.1, -0.05) is 13.3 Å². The van der Waals surface area contributed by atoms with Crippen LogP contribution in [-0.4, -0.2) is 18.4 Å². The van der Waals surface area contributed by atoms with E-state index in [1.54, 1.807) is 0 Å². The lowest BCUT2D eigenvalue weighted by Crippen LogP contribution is -2.52. The molecule has 0 aromatic heterocycles. The van der Waals surface area contributed by atoms with Gasteiger partial charge >= 0.3 is 0 Å².